The van der Waals surface area contributed by atoms with Crippen LogP contribution in [-0.4, -0.2) is 26.6 Å². The zero-order chi connectivity index (χ0) is 10.9. The van der Waals surface area contributed by atoms with Gasteiger partial charge in [0.25, 0.3) is 0 Å². The number of carboxylic acids is 1. The summed E-state index contributed by atoms with van der Waals surface area (Å²) < 4.78 is 2.14. The third-order valence-electron chi connectivity index (χ3n) is 3.20. The lowest BCUT2D eigenvalue weighted by Crippen LogP contribution is -2.38. The van der Waals surface area contributed by atoms with E-state index in [9.17, 15) is 4.79 Å². The van der Waals surface area contributed by atoms with E-state index in [2.05, 4.69) is 6.26 Å². The van der Waals surface area contributed by atoms with Gasteiger partial charge in [0.1, 0.15) is 5.69 Å². The molecule has 1 fully saturated rings. The zero-order valence-electron chi connectivity index (χ0n) is 8.77. The Morgan fingerprint density at radius 2 is 2.40 bits per heavy atom. The van der Waals surface area contributed by atoms with Crippen molar-refractivity contribution in [3.05, 3.63) is 24.0 Å². The van der Waals surface area contributed by atoms with Crippen LogP contribution in [0.4, 0.5) is 0 Å². The highest BCUT2D eigenvalue weighted by Crippen LogP contribution is 2.44. The molecule has 0 saturated heterocycles. The monoisotopic (exact) mass is 225 g/mol. The van der Waals surface area contributed by atoms with E-state index in [4.69, 9.17) is 5.11 Å². The zero-order valence-corrected chi connectivity index (χ0v) is 9.59. The number of hydrogen-bond donors (Lipinski definition) is 1. The predicted octanol–water partition coefficient (Wildman–Crippen LogP) is 2.47. The van der Waals surface area contributed by atoms with Gasteiger partial charge in [-0.3, -0.25) is 0 Å². The SMILES string of the molecule is CSC1(Cn2cccc2C(=O)O)CCC1. The second-order valence-electron chi connectivity index (χ2n) is 4.07. The van der Waals surface area contributed by atoms with E-state index in [1.165, 1.54) is 19.3 Å². The number of rotatable bonds is 4. The molecule has 3 nitrogen and oxygen atoms in total. The Kier molecular flexibility index (Phi) is 2.78. The average Bonchev–Trinajstić information content (AvgIpc) is 2.59. The number of hydrogen-bond acceptors (Lipinski definition) is 2. The van der Waals surface area contributed by atoms with Crippen LogP contribution in [0.15, 0.2) is 18.3 Å². The van der Waals surface area contributed by atoms with Crippen LogP contribution in [0, 0.1) is 0 Å². The highest BCUT2D eigenvalue weighted by Gasteiger charge is 2.36. The molecule has 0 unspecified atom stereocenters. The quantitative estimate of drug-likeness (QED) is 0.856. The molecule has 0 aromatic carbocycles. The Hall–Kier alpha value is -0.900. The first-order valence-electron chi connectivity index (χ1n) is 5.10. The van der Waals surface area contributed by atoms with Crippen molar-refractivity contribution in [3.63, 3.8) is 0 Å². The van der Waals surface area contributed by atoms with E-state index < -0.39 is 5.97 Å². The van der Waals surface area contributed by atoms with Crippen molar-refractivity contribution in [3.8, 4) is 0 Å². The lowest BCUT2D eigenvalue weighted by molar-refractivity contribution is 0.0683. The molecule has 0 atom stereocenters. The summed E-state index contributed by atoms with van der Waals surface area (Å²) >= 11 is 1.86. The van der Waals surface area contributed by atoms with E-state index in [-0.39, 0.29) is 4.75 Å². The largest absolute Gasteiger partial charge is 0.477 e. The summed E-state index contributed by atoms with van der Waals surface area (Å²) in [5, 5.41) is 8.99. The van der Waals surface area contributed by atoms with E-state index in [1.54, 1.807) is 12.1 Å². The van der Waals surface area contributed by atoms with Crippen molar-refractivity contribution < 1.29 is 9.90 Å². The van der Waals surface area contributed by atoms with E-state index in [0.29, 0.717) is 5.69 Å². The maximum absolute atomic E-state index is 10.9. The van der Waals surface area contributed by atoms with Gasteiger partial charge in [-0.15, -0.1) is 0 Å². The number of nitrogens with zero attached hydrogens (tertiary/aromatic N) is 1. The fourth-order valence-electron chi connectivity index (χ4n) is 2.05. The molecule has 1 aromatic rings. The maximum atomic E-state index is 10.9. The molecule has 1 N–H and O–H groups in total. The molecule has 1 heterocycles. The molecule has 0 spiro atoms. The lowest BCUT2D eigenvalue weighted by atomic mass is 9.84. The normalized spacial score (nSPS) is 18.5. The van der Waals surface area contributed by atoms with Crippen LogP contribution in [0.25, 0.3) is 0 Å². The topological polar surface area (TPSA) is 42.2 Å². The highest BCUT2D eigenvalue weighted by atomic mass is 32.2. The van der Waals surface area contributed by atoms with Gasteiger partial charge in [0, 0.05) is 17.5 Å². The summed E-state index contributed by atoms with van der Waals surface area (Å²) in [6.07, 6.45) is 7.64. The fourth-order valence-corrected chi connectivity index (χ4v) is 3.02. The molecule has 4 heteroatoms. The molecule has 2 rings (SSSR count). The van der Waals surface area contributed by atoms with Gasteiger partial charge in [-0.05, 0) is 31.2 Å². The van der Waals surface area contributed by atoms with Gasteiger partial charge < -0.3 is 9.67 Å². The minimum atomic E-state index is -0.837. The Bertz CT molecular complexity index is 363. The molecule has 82 valence electrons. The molecule has 15 heavy (non-hydrogen) atoms. The minimum absolute atomic E-state index is 0.281. The lowest BCUT2D eigenvalue weighted by Gasteiger charge is -2.40. The fraction of sp³-hybridized carbons (Fsp3) is 0.545. The average molecular weight is 225 g/mol. The second-order valence-corrected chi connectivity index (χ2v) is 5.34. The third kappa shape index (κ3) is 1.91. The summed E-state index contributed by atoms with van der Waals surface area (Å²) in [6, 6.07) is 3.46. The first kappa shape index (κ1) is 10.6. The van der Waals surface area contributed by atoms with Crippen molar-refractivity contribution >= 4 is 17.7 Å². The molecular weight excluding hydrogens is 210 g/mol. The maximum Gasteiger partial charge on any atom is 0.352 e. The summed E-state index contributed by atoms with van der Waals surface area (Å²) in [5.41, 5.74) is 0.398. The summed E-state index contributed by atoms with van der Waals surface area (Å²) in [6.45, 7) is 0.822. The van der Waals surface area contributed by atoms with Crippen LogP contribution in [-0.2, 0) is 6.54 Å². The number of aromatic nitrogens is 1. The molecule has 1 aliphatic carbocycles. The van der Waals surface area contributed by atoms with Gasteiger partial charge >= 0.3 is 5.97 Å². The van der Waals surface area contributed by atoms with Crippen molar-refractivity contribution in [2.75, 3.05) is 6.26 Å². The third-order valence-corrected chi connectivity index (χ3v) is 4.61. The van der Waals surface area contributed by atoms with Crippen LogP contribution >= 0.6 is 11.8 Å². The number of aromatic carboxylic acids is 1. The van der Waals surface area contributed by atoms with E-state index in [0.717, 1.165) is 6.54 Å². The Morgan fingerprint density at radius 1 is 1.67 bits per heavy atom. The molecular formula is C11H15NO2S. The van der Waals surface area contributed by atoms with Gasteiger partial charge in [-0.25, -0.2) is 4.79 Å². The second kappa shape index (κ2) is 3.93. The summed E-state index contributed by atoms with van der Waals surface area (Å²) in [4.78, 5) is 10.9. The number of carbonyl (C=O) groups is 1. The molecule has 1 aromatic heterocycles. The molecule has 0 bridgehead atoms. The van der Waals surface area contributed by atoms with Crippen LogP contribution in [0.1, 0.15) is 29.8 Å². The molecule has 0 radical (unpaired) electrons. The highest BCUT2D eigenvalue weighted by molar-refractivity contribution is 8.00. The first-order chi connectivity index (χ1) is 7.17. The van der Waals surface area contributed by atoms with Crippen molar-refractivity contribution in [2.45, 2.75) is 30.6 Å². The summed E-state index contributed by atoms with van der Waals surface area (Å²) in [7, 11) is 0. The standard InChI is InChI=1S/C11H15NO2S/c1-15-11(5-3-6-11)8-12-7-2-4-9(12)10(13)14/h2,4,7H,3,5-6,8H2,1H3,(H,13,14). The van der Waals surface area contributed by atoms with Gasteiger partial charge in [-0.1, -0.05) is 6.42 Å². The van der Waals surface area contributed by atoms with Crippen LogP contribution < -0.4 is 0 Å². The Morgan fingerprint density at radius 3 is 2.87 bits per heavy atom. The van der Waals surface area contributed by atoms with E-state index >= 15 is 0 Å². The van der Waals surface area contributed by atoms with Crippen LogP contribution in [0.5, 0.6) is 0 Å². The summed E-state index contributed by atoms with van der Waals surface area (Å²) in [5.74, 6) is -0.837. The van der Waals surface area contributed by atoms with Crippen molar-refractivity contribution in [2.24, 2.45) is 0 Å². The predicted molar refractivity (Wildman–Crippen MR) is 61.5 cm³/mol. The van der Waals surface area contributed by atoms with Crippen molar-refractivity contribution in [1.29, 1.82) is 0 Å². The van der Waals surface area contributed by atoms with Gasteiger partial charge in [0.15, 0.2) is 0 Å². The number of carboxylic acid groups (broad SMARTS) is 1. The Labute approximate surface area is 93.5 Å². The first-order valence-corrected chi connectivity index (χ1v) is 6.33. The van der Waals surface area contributed by atoms with Gasteiger partial charge in [0.2, 0.25) is 0 Å². The van der Waals surface area contributed by atoms with Crippen molar-refractivity contribution in [1.82, 2.24) is 4.57 Å². The smallest absolute Gasteiger partial charge is 0.352 e. The van der Waals surface area contributed by atoms with Crippen LogP contribution in [0.3, 0.4) is 0 Å². The van der Waals surface area contributed by atoms with Crippen LogP contribution in [0.2, 0.25) is 0 Å². The molecule has 1 aliphatic rings. The molecule has 1 saturated carbocycles. The Balaban J connectivity index is 2.16. The van der Waals surface area contributed by atoms with Gasteiger partial charge in [0.05, 0.1) is 0 Å². The molecule has 0 aliphatic heterocycles. The number of thioether (sulfide) groups is 1. The molecule has 0 amide bonds. The van der Waals surface area contributed by atoms with Gasteiger partial charge in [-0.2, -0.15) is 11.8 Å². The minimum Gasteiger partial charge on any atom is -0.477 e. The van der Waals surface area contributed by atoms with E-state index in [1.807, 2.05) is 22.5 Å².